The zero-order valence-corrected chi connectivity index (χ0v) is 11.2. The SMILES string of the molecule is CNC(C)c1ccc(OCc2ncnn2C)cc1F. The predicted octanol–water partition coefficient (Wildman–Crippen LogP) is 1.81. The largest absolute Gasteiger partial charge is 0.486 e. The number of ether oxygens (including phenoxy) is 1. The summed E-state index contributed by atoms with van der Waals surface area (Å²) < 4.78 is 21.0. The molecule has 0 amide bonds. The van der Waals surface area contributed by atoms with Gasteiger partial charge in [-0.25, -0.2) is 9.37 Å². The molecule has 0 aliphatic rings. The lowest BCUT2D eigenvalue weighted by molar-refractivity contribution is 0.288. The van der Waals surface area contributed by atoms with Gasteiger partial charge in [0, 0.05) is 24.7 Å². The molecule has 2 aromatic rings. The van der Waals surface area contributed by atoms with Crippen molar-refractivity contribution in [2.24, 2.45) is 7.05 Å². The maximum absolute atomic E-state index is 13.9. The average molecular weight is 264 g/mol. The number of halogens is 1. The summed E-state index contributed by atoms with van der Waals surface area (Å²) in [5.74, 6) is 0.887. The minimum atomic E-state index is -0.280. The lowest BCUT2D eigenvalue weighted by atomic mass is 10.1. The highest BCUT2D eigenvalue weighted by atomic mass is 19.1. The Morgan fingerprint density at radius 3 is 2.84 bits per heavy atom. The summed E-state index contributed by atoms with van der Waals surface area (Å²) in [7, 11) is 3.58. The van der Waals surface area contributed by atoms with Gasteiger partial charge in [-0.3, -0.25) is 4.68 Å². The molecule has 1 aromatic heterocycles. The van der Waals surface area contributed by atoms with Gasteiger partial charge in [-0.2, -0.15) is 5.10 Å². The van der Waals surface area contributed by atoms with Gasteiger partial charge in [-0.05, 0) is 20.0 Å². The Morgan fingerprint density at radius 1 is 1.47 bits per heavy atom. The molecule has 0 fully saturated rings. The van der Waals surface area contributed by atoms with E-state index in [1.807, 2.05) is 6.92 Å². The summed E-state index contributed by atoms with van der Waals surface area (Å²) in [4.78, 5) is 4.04. The first-order chi connectivity index (χ1) is 9.11. The van der Waals surface area contributed by atoms with Crippen LogP contribution in [-0.4, -0.2) is 21.8 Å². The minimum Gasteiger partial charge on any atom is -0.486 e. The number of benzene rings is 1. The Hall–Kier alpha value is -1.95. The highest BCUT2D eigenvalue weighted by molar-refractivity contribution is 5.30. The van der Waals surface area contributed by atoms with E-state index in [1.165, 1.54) is 12.4 Å². The molecule has 0 saturated carbocycles. The summed E-state index contributed by atoms with van der Waals surface area (Å²) in [5.41, 5.74) is 0.619. The number of hydrogen-bond donors (Lipinski definition) is 1. The first kappa shape index (κ1) is 13.5. The number of aromatic nitrogens is 3. The van der Waals surface area contributed by atoms with Crippen LogP contribution in [0.5, 0.6) is 5.75 Å². The monoisotopic (exact) mass is 264 g/mol. The fourth-order valence-electron chi connectivity index (χ4n) is 1.70. The topological polar surface area (TPSA) is 52.0 Å². The molecule has 102 valence electrons. The number of aryl methyl sites for hydroxylation is 1. The van der Waals surface area contributed by atoms with E-state index >= 15 is 0 Å². The Bertz CT molecular complexity index is 555. The van der Waals surface area contributed by atoms with Crippen molar-refractivity contribution >= 4 is 0 Å². The second-order valence-electron chi connectivity index (χ2n) is 4.28. The Balaban J connectivity index is 2.06. The van der Waals surface area contributed by atoms with Crippen LogP contribution in [-0.2, 0) is 13.7 Å². The first-order valence-corrected chi connectivity index (χ1v) is 6.04. The van der Waals surface area contributed by atoms with Crippen LogP contribution in [0.2, 0.25) is 0 Å². The maximum atomic E-state index is 13.9. The van der Waals surface area contributed by atoms with Gasteiger partial charge < -0.3 is 10.1 Å². The molecule has 5 nitrogen and oxygen atoms in total. The molecule has 0 saturated heterocycles. The van der Waals surface area contributed by atoms with Gasteiger partial charge in [-0.15, -0.1) is 0 Å². The summed E-state index contributed by atoms with van der Waals surface area (Å²) in [6.45, 7) is 2.16. The molecular weight excluding hydrogens is 247 g/mol. The van der Waals surface area contributed by atoms with E-state index in [4.69, 9.17) is 4.74 Å². The molecule has 1 unspecified atom stereocenters. The van der Waals surface area contributed by atoms with E-state index in [0.29, 0.717) is 17.1 Å². The minimum absolute atomic E-state index is 0.0345. The van der Waals surface area contributed by atoms with Crippen LogP contribution in [0.15, 0.2) is 24.5 Å². The lowest BCUT2D eigenvalue weighted by Gasteiger charge is -2.13. The van der Waals surface area contributed by atoms with Gasteiger partial charge in [0.1, 0.15) is 24.5 Å². The van der Waals surface area contributed by atoms with Gasteiger partial charge in [0.2, 0.25) is 0 Å². The third kappa shape index (κ3) is 3.08. The Labute approximate surface area is 111 Å². The highest BCUT2D eigenvalue weighted by Gasteiger charge is 2.10. The molecule has 1 heterocycles. The van der Waals surface area contributed by atoms with E-state index in [9.17, 15) is 4.39 Å². The standard InChI is InChI=1S/C13H17FN4O/c1-9(15-2)11-5-4-10(6-12(11)14)19-7-13-16-8-17-18(13)3/h4-6,8-9,15H,7H2,1-3H3. The molecule has 1 aromatic carbocycles. The van der Waals surface area contributed by atoms with Crippen LogP contribution in [0.1, 0.15) is 24.4 Å². The summed E-state index contributed by atoms with van der Waals surface area (Å²) in [5, 5.41) is 6.94. The molecule has 2 rings (SSSR count). The molecule has 1 N–H and O–H groups in total. The predicted molar refractivity (Wildman–Crippen MR) is 69.2 cm³/mol. The second kappa shape index (κ2) is 5.79. The van der Waals surface area contributed by atoms with Crippen molar-refractivity contribution in [3.05, 3.63) is 41.7 Å². The smallest absolute Gasteiger partial charge is 0.164 e. The number of nitrogens with one attached hydrogen (secondary N) is 1. The zero-order chi connectivity index (χ0) is 13.8. The van der Waals surface area contributed by atoms with E-state index in [2.05, 4.69) is 15.4 Å². The van der Waals surface area contributed by atoms with E-state index < -0.39 is 0 Å². The normalized spacial score (nSPS) is 12.4. The zero-order valence-electron chi connectivity index (χ0n) is 11.2. The van der Waals surface area contributed by atoms with Crippen molar-refractivity contribution in [2.45, 2.75) is 19.6 Å². The third-order valence-electron chi connectivity index (χ3n) is 3.04. The number of hydrogen-bond acceptors (Lipinski definition) is 4. The Kier molecular flexibility index (Phi) is 4.11. The van der Waals surface area contributed by atoms with Crippen LogP contribution >= 0.6 is 0 Å². The van der Waals surface area contributed by atoms with Gasteiger partial charge in [0.25, 0.3) is 0 Å². The molecule has 0 aliphatic heterocycles. The van der Waals surface area contributed by atoms with E-state index in [-0.39, 0.29) is 18.5 Å². The van der Waals surface area contributed by atoms with Crippen LogP contribution in [0, 0.1) is 5.82 Å². The highest BCUT2D eigenvalue weighted by Crippen LogP contribution is 2.22. The Morgan fingerprint density at radius 2 is 2.26 bits per heavy atom. The van der Waals surface area contributed by atoms with Crippen molar-refractivity contribution in [1.29, 1.82) is 0 Å². The molecular formula is C13H17FN4O. The summed E-state index contributed by atoms with van der Waals surface area (Å²) in [6, 6.07) is 4.83. The van der Waals surface area contributed by atoms with Crippen molar-refractivity contribution in [1.82, 2.24) is 20.1 Å². The second-order valence-corrected chi connectivity index (χ2v) is 4.28. The van der Waals surface area contributed by atoms with Crippen LogP contribution in [0.4, 0.5) is 4.39 Å². The van der Waals surface area contributed by atoms with Crippen LogP contribution in [0.3, 0.4) is 0 Å². The molecule has 0 radical (unpaired) electrons. The molecule has 19 heavy (non-hydrogen) atoms. The lowest BCUT2D eigenvalue weighted by Crippen LogP contribution is -2.14. The van der Waals surface area contributed by atoms with Crippen LogP contribution < -0.4 is 10.1 Å². The maximum Gasteiger partial charge on any atom is 0.164 e. The quantitative estimate of drug-likeness (QED) is 0.895. The first-order valence-electron chi connectivity index (χ1n) is 6.04. The fraction of sp³-hybridized carbons (Fsp3) is 0.385. The van der Waals surface area contributed by atoms with Crippen LogP contribution in [0.25, 0.3) is 0 Å². The number of nitrogens with zero attached hydrogens (tertiary/aromatic N) is 3. The van der Waals surface area contributed by atoms with Crippen molar-refractivity contribution < 1.29 is 9.13 Å². The van der Waals surface area contributed by atoms with E-state index in [0.717, 1.165) is 0 Å². The molecule has 0 bridgehead atoms. The van der Waals surface area contributed by atoms with Gasteiger partial charge >= 0.3 is 0 Å². The fourth-order valence-corrected chi connectivity index (χ4v) is 1.70. The average Bonchev–Trinajstić information content (AvgIpc) is 2.81. The van der Waals surface area contributed by atoms with E-state index in [1.54, 1.807) is 30.9 Å². The summed E-state index contributed by atoms with van der Waals surface area (Å²) in [6.07, 6.45) is 1.46. The molecule has 6 heteroatoms. The van der Waals surface area contributed by atoms with Gasteiger partial charge in [0.15, 0.2) is 5.82 Å². The molecule has 0 aliphatic carbocycles. The molecule has 0 spiro atoms. The summed E-state index contributed by atoms with van der Waals surface area (Å²) >= 11 is 0. The van der Waals surface area contributed by atoms with Gasteiger partial charge in [0.05, 0.1) is 0 Å². The third-order valence-corrected chi connectivity index (χ3v) is 3.04. The van der Waals surface area contributed by atoms with Crippen molar-refractivity contribution in [3.63, 3.8) is 0 Å². The molecule has 1 atom stereocenters. The van der Waals surface area contributed by atoms with Gasteiger partial charge in [-0.1, -0.05) is 6.07 Å². The van der Waals surface area contributed by atoms with Crippen molar-refractivity contribution in [2.75, 3.05) is 7.05 Å². The number of rotatable bonds is 5. The van der Waals surface area contributed by atoms with Crippen molar-refractivity contribution in [3.8, 4) is 5.75 Å².